The minimum Gasteiger partial charge on any atom is -0.384 e. The molecule has 1 fully saturated rings. The van der Waals surface area contributed by atoms with Gasteiger partial charge in [0.2, 0.25) is 0 Å². The van der Waals surface area contributed by atoms with Crippen molar-refractivity contribution in [2.45, 2.75) is 25.6 Å². The van der Waals surface area contributed by atoms with Crippen LogP contribution in [0, 0.1) is 11.3 Å². The molecular weight excluding hydrogens is 267 g/mol. The Morgan fingerprint density at radius 1 is 1.20 bits per heavy atom. The second-order valence-electron chi connectivity index (χ2n) is 5.20. The lowest BCUT2D eigenvalue weighted by molar-refractivity contribution is -0.185. The van der Waals surface area contributed by atoms with E-state index in [0.717, 1.165) is 5.56 Å². The minimum absolute atomic E-state index is 0.0162. The molecule has 1 aliphatic rings. The van der Waals surface area contributed by atoms with E-state index in [9.17, 15) is 13.2 Å². The molecule has 1 aliphatic heterocycles. The van der Waals surface area contributed by atoms with Gasteiger partial charge in [0.25, 0.3) is 0 Å². The van der Waals surface area contributed by atoms with Crippen LogP contribution in [0.2, 0.25) is 0 Å². The van der Waals surface area contributed by atoms with Crippen LogP contribution in [-0.2, 0) is 6.54 Å². The van der Waals surface area contributed by atoms with Crippen LogP contribution in [0.15, 0.2) is 24.3 Å². The number of piperidine rings is 1. The van der Waals surface area contributed by atoms with Crippen molar-refractivity contribution in [3.63, 3.8) is 0 Å². The number of likely N-dealkylation sites (tertiary alicyclic amines) is 1. The van der Waals surface area contributed by atoms with Crippen molar-refractivity contribution in [3.05, 3.63) is 35.4 Å². The van der Waals surface area contributed by atoms with Gasteiger partial charge in [-0.3, -0.25) is 10.3 Å². The number of benzene rings is 1. The molecule has 0 radical (unpaired) electrons. The molecule has 0 amide bonds. The van der Waals surface area contributed by atoms with Crippen LogP contribution in [0.3, 0.4) is 0 Å². The summed E-state index contributed by atoms with van der Waals surface area (Å²) in [5.74, 6) is -1.14. The van der Waals surface area contributed by atoms with E-state index in [4.69, 9.17) is 11.1 Å². The number of nitrogen functional groups attached to an aromatic ring is 1. The molecule has 3 nitrogen and oxygen atoms in total. The Bertz CT molecular complexity index is 460. The maximum Gasteiger partial charge on any atom is 0.391 e. The fraction of sp³-hybridized carbons (Fsp3) is 0.500. The molecule has 3 N–H and O–H groups in total. The van der Waals surface area contributed by atoms with Crippen molar-refractivity contribution in [2.24, 2.45) is 11.7 Å². The predicted octanol–water partition coefficient (Wildman–Crippen LogP) is 2.74. The van der Waals surface area contributed by atoms with Gasteiger partial charge in [-0.15, -0.1) is 0 Å². The standard InChI is InChI=1S/C14H18F3N3/c15-14(16,17)12-5-7-20(8-6-12)9-10-1-3-11(4-2-10)13(18)19/h1-4,12H,5-9H2,(H3,18,19). The molecule has 0 saturated carbocycles. The molecule has 20 heavy (non-hydrogen) atoms. The summed E-state index contributed by atoms with van der Waals surface area (Å²) in [6.07, 6.45) is -3.71. The second-order valence-corrected chi connectivity index (χ2v) is 5.20. The predicted molar refractivity (Wildman–Crippen MR) is 71.5 cm³/mol. The summed E-state index contributed by atoms with van der Waals surface area (Å²) in [6.45, 7) is 1.58. The third-order valence-electron chi connectivity index (χ3n) is 3.72. The van der Waals surface area contributed by atoms with Crippen molar-refractivity contribution >= 4 is 5.84 Å². The summed E-state index contributed by atoms with van der Waals surface area (Å²) in [4.78, 5) is 2.03. The highest BCUT2D eigenvalue weighted by Gasteiger charge is 2.40. The first-order chi connectivity index (χ1) is 9.36. The first-order valence-corrected chi connectivity index (χ1v) is 6.58. The summed E-state index contributed by atoms with van der Waals surface area (Å²) < 4.78 is 37.7. The number of rotatable bonds is 3. The van der Waals surface area contributed by atoms with Gasteiger partial charge < -0.3 is 5.73 Å². The molecule has 110 valence electrons. The Hall–Kier alpha value is -1.56. The maximum absolute atomic E-state index is 12.6. The average molecular weight is 285 g/mol. The first kappa shape index (κ1) is 14.8. The Morgan fingerprint density at radius 3 is 2.20 bits per heavy atom. The molecular formula is C14H18F3N3. The van der Waals surface area contributed by atoms with Crippen LogP contribution in [0.25, 0.3) is 0 Å². The van der Waals surface area contributed by atoms with E-state index in [1.54, 1.807) is 12.1 Å². The number of hydrogen-bond acceptors (Lipinski definition) is 2. The summed E-state index contributed by atoms with van der Waals surface area (Å²) in [7, 11) is 0. The van der Waals surface area contributed by atoms with Gasteiger partial charge in [-0.05, 0) is 31.5 Å². The molecule has 6 heteroatoms. The SMILES string of the molecule is N=C(N)c1ccc(CN2CCC(C(F)(F)F)CC2)cc1. The van der Waals surface area contributed by atoms with Gasteiger partial charge in [0.1, 0.15) is 5.84 Å². The smallest absolute Gasteiger partial charge is 0.384 e. The van der Waals surface area contributed by atoms with Crippen molar-refractivity contribution in [2.75, 3.05) is 13.1 Å². The van der Waals surface area contributed by atoms with E-state index < -0.39 is 12.1 Å². The topological polar surface area (TPSA) is 53.1 Å². The lowest BCUT2D eigenvalue weighted by Gasteiger charge is -2.32. The lowest BCUT2D eigenvalue weighted by atomic mass is 9.96. The van der Waals surface area contributed by atoms with Gasteiger partial charge in [-0.25, -0.2) is 0 Å². The molecule has 0 bridgehead atoms. The Morgan fingerprint density at radius 2 is 1.75 bits per heavy atom. The van der Waals surface area contributed by atoms with Crippen molar-refractivity contribution < 1.29 is 13.2 Å². The van der Waals surface area contributed by atoms with Crippen LogP contribution in [0.5, 0.6) is 0 Å². The molecule has 1 aromatic rings. The molecule has 2 rings (SSSR count). The molecule has 0 spiro atoms. The summed E-state index contributed by atoms with van der Waals surface area (Å²) >= 11 is 0. The second kappa shape index (κ2) is 5.83. The van der Waals surface area contributed by atoms with Crippen LogP contribution >= 0.6 is 0 Å². The monoisotopic (exact) mass is 285 g/mol. The normalized spacial score (nSPS) is 18.1. The summed E-state index contributed by atoms with van der Waals surface area (Å²) in [5.41, 5.74) is 7.06. The molecule has 0 unspecified atom stereocenters. The van der Waals surface area contributed by atoms with E-state index in [1.807, 2.05) is 17.0 Å². The average Bonchev–Trinajstić information content (AvgIpc) is 2.39. The Kier molecular flexibility index (Phi) is 4.32. The van der Waals surface area contributed by atoms with E-state index in [2.05, 4.69) is 0 Å². The minimum atomic E-state index is -4.06. The molecule has 1 heterocycles. The number of hydrogen-bond donors (Lipinski definition) is 2. The first-order valence-electron chi connectivity index (χ1n) is 6.58. The fourth-order valence-electron chi connectivity index (χ4n) is 2.47. The number of amidine groups is 1. The van der Waals surface area contributed by atoms with Crippen LogP contribution in [-0.4, -0.2) is 30.0 Å². The van der Waals surface area contributed by atoms with Crippen molar-refractivity contribution in [1.29, 1.82) is 5.41 Å². The van der Waals surface area contributed by atoms with E-state index in [-0.39, 0.29) is 18.7 Å². The number of nitrogens with one attached hydrogen (secondary N) is 1. The summed E-state index contributed by atoms with van der Waals surface area (Å²) in [5, 5.41) is 7.30. The number of alkyl halides is 3. The number of nitrogens with two attached hydrogens (primary N) is 1. The highest BCUT2D eigenvalue weighted by molar-refractivity contribution is 5.94. The number of nitrogens with zero attached hydrogens (tertiary/aromatic N) is 1. The van der Waals surface area contributed by atoms with Gasteiger partial charge >= 0.3 is 6.18 Å². The molecule has 0 aromatic heterocycles. The zero-order chi connectivity index (χ0) is 14.8. The lowest BCUT2D eigenvalue weighted by Crippen LogP contribution is -2.38. The van der Waals surface area contributed by atoms with Gasteiger partial charge in [0, 0.05) is 12.1 Å². The third-order valence-corrected chi connectivity index (χ3v) is 3.72. The molecule has 0 atom stereocenters. The van der Waals surface area contributed by atoms with Crippen LogP contribution < -0.4 is 5.73 Å². The zero-order valence-electron chi connectivity index (χ0n) is 11.1. The van der Waals surface area contributed by atoms with Gasteiger partial charge in [0.15, 0.2) is 0 Å². The van der Waals surface area contributed by atoms with E-state index in [1.165, 1.54) is 0 Å². The quantitative estimate of drug-likeness (QED) is 0.663. The Balaban J connectivity index is 1.88. The van der Waals surface area contributed by atoms with Crippen molar-refractivity contribution in [1.82, 2.24) is 4.90 Å². The molecule has 1 aromatic carbocycles. The van der Waals surface area contributed by atoms with Gasteiger partial charge in [0.05, 0.1) is 5.92 Å². The van der Waals surface area contributed by atoms with Crippen LogP contribution in [0.1, 0.15) is 24.0 Å². The highest BCUT2D eigenvalue weighted by Crippen LogP contribution is 2.34. The maximum atomic E-state index is 12.6. The molecule has 0 aliphatic carbocycles. The Labute approximate surface area is 116 Å². The van der Waals surface area contributed by atoms with Gasteiger partial charge in [-0.1, -0.05) is 24.3 Å². The third kappa shape index (κ3) is 3.72. The highest BCUT2D eigenvalue weighted by atomic mass is 19.4. The van der Waals surface area contributed by atoms with Crippen molar-refractivity contribution in [3.8, 4) is 0 Å². The number of halogens is 3. The van der Waals surface area contributed by atoms with E-state index in [0.29, 0.717) is 25.2 Å². The molecule has 1 saturated heterocycles. The van der Waals surface area contributed by atoms with Gasteiger partial charge in [-0.2, -0.15) is 13.2 Å². The van der Waals surface area contributed by atoms with Crippen LogP contribution in [0.4, 0.5) is 13.2 Å². The fourth-order valence-corrected chi connectivity index (χ4v) is 2.47. The largest absolute Gasteiger partial charge is 0.391 e. The summed E-state index contributed by atoms with van der Waals surface area (Å²) in [6, 6.07) is 7.26. The van der Waals surface area contributed by atoms with E-state index >= 15 is 0 Å². The zero-order valence-corrected chi connectivity index (χ0v) is 11.1.